The van der Waals surface area contributed by atoms with Gasteiger partial charge in [-0.15, -0.1) is 0 Å². The van der Waals surface area contributed by atoms with Gasteiger partial charge in [-0.1, -0.05) is 19.1 Å². The van der Waals surface area contributed by atoms with Crippen molar-refractivity contribution in [3.63, 3.8) is 0 Å². The van der Waals surface area contributed by atoms with Gasteiger partial charge < -0.3 is 15.0 Å². The first-order valence-electron chi connectivity index (χ1n) is 10.8. The van der Waals surface area contributed by atoms with Gasteiger partial charge in [-0.05, 0) is 56.7 Å². The molecule has 184 valence electrons. The third-order valence-electron chi connectivity index (χ3n) is 5.14. The molecule has 0 saturated carbocycles. The topological polar surface area (TPSA) is 147 Å². The Hall–Kier alpha value is -3.99. The maximum Gasteiger partial charge on any atom is 0.338 e. The molecule has 1 heterocycles. The van der Waals surface area contributed by atoms with E-state index in [1.165, 1.54) is 24.3 Å². The van der Waals surface area contributed by atoms with E-state index in [4.69, 9.17) is 4.74 Å². The monoisotopic (exact) mass is 498 g/mol. The number of benzene rings is 2. The van der Waals surface area contributed by atoms with E-state index in [2.05, 4.69) is 15.3 Å². The van der Waals surface area contributed by atoms with Crippen LogP contribution in [0.4, 0.5) is 5.69 Å². The number of H-pyrrole nitrogens is 1. The molecule has 0 spiro atoms. The summed E-state index contributed by atoms with van der Waals surface area (Å²) in [6, 6.07) is 11.9. The van der Waals surface area contributed by atoms with Crippen LogP contribution in [0.2, 0.25) is 0 Å². The fourth-order valence-electron chi connectivity index (χ4n) is 3.16. The van der Waals surface area contributed by atoms with Crippen LogP contribution in [0.3, 0.4) is 0 Å². The summed E-state index contributed by atoms with van der Waals surface area (Å²) >= 11 is 0. The number of hydrogen-bond acceptors (Lipinski definition) is 7. The summed E-state index contributed by atoms with van der Waals surface area (Å²) < 4.78 is 31.3. The van der Waals surface area contributed by atoms with E-state index in [1.807, 2.05) is 18.6 Å². The molecule has 1 unspecified atom stereocenters. The Balaban J connectivity index is 1.64. The maximum absolute atomic E-state index is 12.6. The molecule has 11 heteroatoms. The molecule has 2 aromatic carbocycles. The minimum atomic E-state index is -3.98. The number of amides is 2. The number of aromatic nitrogens is 2. The van der Waals surface area contributed by atoms with Crippen LogP contribution < -0.4 is 10.0 Å². The highest BCUT2D eigenvalue weighted by atomic mass is 32.2. The SMILES string of the molecule is CCC(OC(=O)c1ccc(-c2nc(C)c(C)[nH]2)cc1)C(=O)Nc1ccc(S(=O)(=O)NC(C)=O)cc1. The van der Waals surface area contributed by atoms with Crippen molar-refractivity contribution < 1.29 is 27.5 Å². The van der Waals surface area contributed by atoms with E-state index in [0.717, 1.165) is 23.9 Å². The Morgan fingerprint density at radius 1 is 1.03 bits per heavy atom. The third-order valence-corrected chi connectivity index (χ3v) is 6.59. The van der Waals surface area contributed by atoms with E-state index in [-0.39, 0.29) is 16.9 Å². The van der Waals surface area contributed by atoms with Crippen molar-refractivity contribution >= 4 is 33.5 Å². The molecule has 0 radical (unpaired) electrons. The van der Waals surface area contributed by atoms with Crippen LogP contribution in [0, 0.1) is 13.8 Å². The zero-order valence-electron chi connectivity index (χ0n) is 19.7. The third kappa shape index (κ3) is 6.33. The summed E-state index contributed by atoms with van der Waals surface area (Å²) in [5.74, 6) is -1.23. The summed E-state index contributed by atoms with van der Waals surface area (Å²) in [6.45, 7) is 6.62. The number of aryl methyl sites for hydroxylation is 2. The molecule has 1 aromatic heterocycles. The summed E-state index contributed by atoms with van der Waals surface area (Å²) in [6.07, 6.45) is -0.823. The van der Waals surface area contributed by atoms with Crippen LogP contribution in [0.1, 0.15) is 42.0 Å². The zero-order chi connectivity index (χ0) is 25.8. The van der Waals surface area contributed by atoms with Gasteiger partial charge in [0.1, 0.15) is 5.82 Å². The molecule has 0 aliphatic rings. The number of esters is 1. The number of nitrogens with zero attached hydrogens (tertiary/aromatic N) is 1. The van der Waals surface area contributed by atoms with Crippen LogP contribution in [0.25, 0.3) is 11.4 Å². The van der Waals surface area contributed by atoms with Gasteiger partial charge in [-0.2, -0.15) is 0 Å². The van der Waals surface area contributed by atoms with Gasteiger partial charge in [0.25, 0.3) is 15.9 Å². The highest BCUT2D eigenvalue weighted by Crippen LogP contribution is 2.20. The van der Waals surface area contributed by atoms with Gasteiger partial charge in [-0.3, -0.25) is 9.59 Å². The lowest BCUT2D eigenvalue weighted by Crippen LogP contribution is -2.32. The first-order chi connectivity index (χ1) is 16.5. The molecule has 35 heavy (non-hydrogen) atoms. The molecule has 3 N–H and O–H groups in total. The molecule has 0 aliphatic carbocycles. The highest BCUT2D eigenvalue weighted by molar-refractivity contribution is 7.90. The number of carbonyl (C=O) groups is 3. The van der Waals surface area contributed by atoms with Gasteiger partial charge in [0.05, 0.1) is 16.2 Å². The van der Waals surface area contributed by atoms with Crippen LogP contribution in [0.15, 0.2) is 53.4 Å². The lowest BCUT2D eigenvalue weighted by molar-refractivity contribution is -0.124. The second-order valence-electron chi connectivity index (χ2n) is 7.85. The van der Waals surface area contributed by atoms with Crippen molar-refractivity contribution in [2.24, 2.45) is 0 Å². The van der Waals surface area contributed by atoms with Crippen molar-refractivity contribution in [2.45, 2.75) is 45.1 Å². The number of aromatic amines is 1. The molecule has 1 atom stereocenters. The predicted octanol–water partition coefficient (Wildman–Crippen LogP) is 3.09. The van der Waals surface area contributed by atoms with E-state index >= 15 is 0 Å². The first-order valence-corrected chi connectivity index (χ1v) is 12.3. The lowest BCUT2D eigenvalue weighted by Gasteiger charge is -2.16. The standard InChI is InChI=1S/C24H26N4O6S/c1-5-21(23(30)27-19-10-12-20(13-11-19)35(32,33)28-16(4)29)34-24(31)18-8-6-17(7-9-18)22-25-14(2)15(3)26-22/h6-13,21H,5H2,1-4H3,(H,25,26)(H,27,30)(H,28,29). The normalized spacial score (nSPS) is 12.0. The Kier molecular flexibility index (Phi) is 7.70. The first kappa shape index (κ1) is 25.6. The lowest BCUT2D eigenvalue weighted by atomic mass is 10.1. The predicted molar refractivity (Wildman–Crippen MR) is 129 cm³/mol. The fourth-order valence-corrected chi connectivity index (χ4v) is 4.15. The van der Waals surface area contributed by atoms with Crippen LogP contribution in [-0.4, -0.2) is 42.3 Å². The number of imidazole rings is 1. The maximum atomic E-state index is 12.6. The highest BCUT2D eigenvalue weighted by Gasteiger charge is 2.23. The Morgan fingerprint density at radius 3 is 2.17 bits per heavy atom. The van der Waals surface area contributed by atoms with Gasteiger partial charge in [0.2, 0.25) is 5.91 Å². The molecule has 10 nitrogen and oxygen atoms in total. The molecule has 0 aliphatic heterocycles. The average Bonchev–Trinajstić information content (AvgIpc) is 3.15. The number of hydrogen-bond donors (Lipinski definition) is 3. The number of carbonyl (C=O) groups excluding carboxylic acids is 3. The molecule has 0 bridgehead atoms. The van der Waals surface area contributed by atoms with Gasteiger partial charge in [0.15, 0.2) is 6.10 Å². The Labute approximate surface area is 203 Å². The summed E-state index contributed by atoms with van der Waals surface area (Å²) in [5, 5.41) is 2.60. The molecular formula is C24H26N4O6S. The molecule has 3 aromatic rings. The minimum Gasteiger partial charge on any atom is -0.449 e. The molecule has 0 saturated heterocycles. The van der Waals surface area contributed by atoms with Crippen molar-refractivity contribution in [3.05, 3.63) is 65.5 Å². The summed E-state index contributed by atoms with van der Waals surface area (Å²) in [4.78, 5) is 43.8. The van der Waals surface area contributed by atoms with Crippen molar-refractivity contribution in [1.29, 1.82) is 0 Å². The van der Waals surface area contributed by atoms with Crippen LogP contribution in [-0.2, 0) is 24.3 Å². The molecule has 0 fully saturated rings. The van der Waals surface area contributed by atoms with Gasteiger partial charge in [-0.25, -0.2) is 22.9 Å². The van der Waals surface area contributed by atoms with Crippen LogP contribution >= 0.6 is 0 Å². The van der Waals surface area contributed by atoms with Crippen molar-refractivity contribution in [3.8, 4) is 11.4 Å². The van der Waals surface area contributed by atoms with E-state index < -0.39 is 33.9 Å². The number of anilines is 1. The smallest absolute Gasteiger partial charge is 0.338 e. The summed E-state index contributed by atoms with van der Waals surface area (Å²) in [5.41, 5.74) is 3.26. The van der Waals surface area contributed by atoms with Gasteiger partial charge >= 0.3 is 5.97 Å². The summed E-state index contributed by atoms with van der Waals surface area (Å²) in [7, 11) is -3.98. The second-order valence-corrected chi connectivity index (χ2v) is 9.53. The number of rotatable bonds is 8. The minimum absolute atomic E-state index is 0.132. The largest absolute Gasteiger partial charge is 0.449 e. The molecule has 2 amide bonds. The zero-order valence-corrected chi connectivity index (χ0v) is 20.5. The van der Waals surface area contributed by atoms with E-state index in [9.17, 15) is 22.8 Å². The molecular weight excluding hydrogens is 472 g/mol. The van der Waals surface area contributed by atoms with Gasteiger partial charge in [0, 0.05) is 23.9 Å². The quantitative estimate of drug-likeness (QED) is 0.404. The molecule has 3 rings (SSSR count). The number of ether oxygens (including phenoxy) is 1. The van der Waals surface area contributed by atoms with E-state index in [0.29, 0.717) is 11.5 Å². The number of nitrogens with one attached hydrogen (secondary N) is 3. The number of sulfonamides is 1. The van der Waals surface area contributed by atoms with Crippen molar-refractivity contribution in [1.82, 2.24) is 14.7 Å². The fraction of sp³-hybridized carbons (Fsp3) is 0.250. The van der Waals surface area contributed by atoms with Crippen LogP contribution in [0.5, 0.6) is 0 Å². The Morgan fingerprint density at radius 2 is 1.66 bits per heavy atom. The Bertz CT molecular complexity index is 1330. The van der Waals surface area contributed by atoms with Crippen molar-refractivity contribution in [2.75, 3.05) is 5.32 Å². The average molecular weight is 499 g/mol. The van der Waals surface area contributed by atoms with E-state index in [1.54, 1.807) is 31.2 Å². The second kappa shape index (κ2) is 10.5.